The summed E-state index contributed by atoms with van der Waals surface area (Å²) >= 11 is 0. The molecule has 0 aromatic heterocycles. The third kappa shape index (κ3) is 1.76. The number of rotatable bonds is 2. The van der Waals surface area contributed by atoms with Crippen molar-refractivity contribution in [1.82, 2.24) is 0 Å². The minimum Gasteiger partial charge on any atom is -0.377 e. The highest BCUT2D eigenvalue weighted by Crippen LogP contribution is 2.42. The molecule has 2 aromatic rings. The molecule has 0 amide bonds. The first-order valence-corrected chi connectivity index (χ1v) is 6.15. The van der Waals surface area contributed by atoms with E-state index >= 15 is 0 Å². The van der Waals surface area contributed by atoms with E-state index in [1.165, 1.54) is 16.8 Å². The molecule has 3 rings (SSSR count). The molecule has 0 radical (unpaired) electrons. The van der Waals surface area contributed by atoms with Gasteiger partial charge in [0, 0.05) is 38.3 Å². The van der Waals surface area contributed by atoms with Gasteiger partial charge in [-0.15, -0.1) is 0 Å². The van der Waals surface area contributed by atoms with Crippen LogP contribution in [0.4, 0.5) is 11.4 Å². The lowest BCUT2D eigenvalue weighted by Crippen LogP contribution is -2.10. The van der Waals surface area contributed by atoms with Crippen molar-refractivity contribution in [2.24, 2.45) is 0 Å². The first-order valence-electron chi connectivity index (χ1n) is 6.15. The van der Waals surface area contributed by atoms with Crippen LogP contribution in [0.2, 0.25) is 0 Å². The number of hydrogen-bond donors (Lipinski definition) is 0. The highest BCUT2D eigenvalue weighted by Gasteiger charge is 2.23. The van der Waals surface area contributed by atoms with Crippen molar-refractivity contribution in [1.29, 1.82) is 0 Å². The lowest BCUT2D eigenvalue weighted by Gasteiger charge is -2.16. The number of hydrogen-bond acceptors (Lipinski definition) is 3. The van der Waals surface area contributed by atoms with Crippen molar-refractivity contribution < 1.29 is 4.92 Å². The van der Waals surface area contributed by atoms with Crippen LogP contribution in [-0.2, 0) is 6.42 Å². The van der Waals surface area contributed by atoms with Gasteiger partial charge in [-0.1, -0.05) is 12.1 Å². The summed E-state index contributed by atoms with van der Waals surface area (Å²) in [7, 11) is 4.03. The zero-order valence-electron chi connectivity index (χ0n) is 10.9. The van der Waals surface area contributed by atoms with Gasteiger partial charge < -0.3 is 4.90 Å². The number of nitro groups is 1. The molecule has 0 N–H and O–H groups in total. The molecule has 4 heteroatoms. The van der Waals surface area contributed by atoms with Crippen molar-refractivity contribution in [3.8, 4) is 11.1 Å². The van der Waals surface area contributed by atoms with Crippen LogP contribution in [0.25, 0.3) is 11.1 Å². The summed E-state index contributed by atoms with van der Waals surface area (Å²) in [5.74, 6) is 0. The minimum absolute atomic E-state index is 0.165. The van der Waals surface area contributed by atoms with Gasteiger partial charge in [0.05, 0.1) is 4.92 Å². The van der Waals surface area contributed by atoms with E-state index in [-0.39, 0.29) is 10.6 Å². The molecule has 1 aliphatic carbocycles. The Morgan fingerprint density at radius 3 is 2.63 bits per heavy atom. The highest BCUT2D eigenvalue weighted by molar-refractivity contribution is 5.83. The molecule has 0 saturated heterocycles. The predicted molar refractivity (Wildman–Crippen MR) is 75.7 cm³/mol. The molecule has 0 spiro atoms. The van der Waals surface area contributed by atoms with E-state index in [1.807, 2.05) is 26.2 Å². The largest absolute Gasteiger partial charge is 0.377 e. The lowest BCUT2D eigenvalue weighted by atomic mass is 10.0. The van der Waals surface area contributed by atoms with Gasteiger partial charge in [-0.3, -0.25) is 10.1 Å². The van der Waals surface area contributed by atoms with E-state index in [1.54, 1.807) is 12.1 Å². The van der Waals surface area contributed by atoms with E-state index in [9.17, 15) is 10.1 Å². The van der Waals surface area contributed by atoms with Gasteiger partial charge >= 0.3 is 0 Å². The molecule has 0 saturated carbocycles. The van der Waals surface area contributed by atoms with Crippen LogP contribution in [0.15, 0.2) is 36.4 Å². The van der Waals surface area contributed by atoms with E-state index in [0.29, 0.717) is 0 Å². The quantitative estimate of drug-likeness (QED) is 0.521. The van der Waals surface area contributed by atoms with Gasteiger partial charge in [0.2, 0.25) is 0 Å². The Bertz CT molecular complexity index is 678. The second-order valence-electron chi connectivity index (χ2n) is 4.97. The number of nitro benzene ring substituents is 1. The molecule has 0 aliphatic heterocycles. The highest BCUT2D eigenvalue weighted by atomic mass is 16.6. The summed E-state index contributed by atoms with van der Waals surface area (Å²) in [6.07, 6.45) is 0.765. The van der Waals surface area contributed by atoms with Crippen LogP contribution >= 0.6 is 0 Å². The smallest absolute Gasteiger partial charge is 0.269 e. The topological polar surface area (TPSA) is 46.4 Å². The number of benzene rings is 2. The Labute approximate surface area is 111 Å². The second-order valence-corrected chi connectivity index (χ2v) is 4.97. The molecule has 2 aromatic carbocycles. The maximum absolute atomic E-state index is 10.8. The van der Waals surface area contributed by atoms with Crippen molar-refractivity contribution >= 4 is 11.4 Å². The lowest BCUT2D eigenvalue weighted by molar-refractivity contribution is -0.384. The van der Waals surface area contributed by atoms with Gasteiger partial charge in [-0.05, 0) is 34.4 Å². The first kappa shape index (κ1) is 11.7. The average Bonchev–Trinajstić information content (AvgIpc) is 2.75. The fourth-order valence-electron chi connectivity index (χ4n) is 2.72. The molecule has 0 heterocycles. The Morgan fingerprint density at radius 1 is 1.16 bits per heavy atom. The molecular weight excluding hydrogens is 240 g/mol. The maximum Gasteiger partial charge on any atom is 0.269 e. The molecule has 96 valence electrons. The van der Waals surface area contributed by atoms with Crippen LogP contribution in [0.1, 0.15) is 11.1 Å². The Balaban J connectivity index is 2.15. The zero-order chi connectivity index (χ0) is 13.6. The summed E-state index contributed by atoms with van der Waals surface area (Å²) in [6.45, 7) is 0. The number of non-ortho nitro benzene ring substituents is 1. The Kier molecular flexibility index (Phi) is 2.52. The Morgan fingerprint density at radius 2 is 1.95 bits per heavy atom. The molecular formula is C15H14N2O2. The summed E-state index contributed by atoms with van der Waals surface area (Å²) in [6, 6.07) is 11.3. The molecule has 4 nitrogen and oxygen atoms in total. The van der Waals surface area contributed by atoms with Gasteiger partial charge in [-0.2, -0.15) is 0 Å². The molecule has 0 atom stereocenters. The number of fused-ring (bicyclic) bond motifs is 3. The van der Waals surface area contributed by atoms with Gasteiger partial charge in [0.1, 0.15) is 0 Å². The fourth-order valence-corrected chi connectivity index (χ4v) is 2.72. The summed E-state index contributed by atoms with van der Waals surface area (Å²) in [5, 5.41) is 10.8. The number of anilines is 1. The van der Waals surface area contributed by atoms with Crippen LogP contribution in [0, 0.1) is 10.1 Å². The number of nitrogens with zero attached hydrogens (tertiary/aromatic N) is 2. The van der Waals surface area contributed by atoms with Crippen molar-refractivity contribution in [3.05, 3.63) is 57.6 Å². The SMILES string of the molecule is CN(C)c1cccc2c1Cc1cc([N+](=O)[O-])ccc1-2. The van der Waals surface area contributed by atoms with Gasteiger partial charge in [0.25, 0.3) is 5.69 Å². The van der Waals surface area contributed by atoms with Crippen molar-refractivity contribution in [2.45, 2.75) is 6.42 Å². The van der Waals surface area contributed by atoms with Crippen LogP contribution in [-0.4, -0.2) is 19.0 Å². The molecule has 0 unspecified atom stereocenters. The van der Waals surface area contributed by atoms with Crippen LogP contribution in [0.5, 0.6) is 0 Å². The molecule has 0 bridgehead atoms. The standard InChI is InChI=1S/C15H14N2O2/c1-16(2)15-5-3-4-13-12-7-6-11(17(18)19)8-10(12)9-14(13)15/h3-8H,9H2,1-2H3. The second kappa shape index (κ2) is 4.09. The third-order valence-electron chi connectivity index (χ3n) is 3.59. The fraction of sp³-hybridized carbons (Fsp3) is 0.200. The summed E-state index contributed by atoms with van der Waals surface area (Å²) in [4.78, 5) is 12.6. The zero-order valence-corrected chi connectivity index (χ0v) is 10.9. The summed E-state index contributed by atoms with van der Waals surface area (Å²) in [5.41, 5.74) is 5.94. The first-order chi connectivity index (χ1) is 9.08. The predicted octanol–water partition coefficient (Wildman–Crippen LogP) is 3.23. The monoisotopic (exact) mass is 254 g/mol. The normalized spacial score (nSPS) is 11.9. The van der Waals surface area contributed by atoms with Gasteiger partial charge in [-0.25, -0.2) is 0 Å². The van der Waals surface area contributed by atoms with Crippen molar-refractivity contribution in [2.75, 3.05) is 19.0 Å². The summed E-state index contributed by atoms with van der Waals surface area (Å²) < 4.78 is 0. The van der Waals surface area contributed by atoms with Crippen LogP contribution < -0.4 is 4.90 Å². The maximum atomic E-state index is 10.8. The molecule has 1 aliphatic rings. The van der Waals surface area contributed by atoms with E-state index in [0.717, 1.165) is 17.5 Å². The van der Waals surface area contributed by atoms with Crippen LogP contribution in [0.3, 0.4) is 0 Å². The van der Waals surface area contributed by atoms with Gasteiger partial charge in [0.15, 0.2) is 0 Å². The average molecular weight is 254 g/mol. The molecule has 19 heavy (non-hydrogen) atoms. The van der Waals surface area contributed by atoms with Crippen molar-refractivity contribution in [3.63, 3.8) is 0 Å². The van der Waals surface area contributed by atoms with E-state index in [4.69, 9.17) is 0 Å². The van der Waals surface area contributed by atoms with E-state index < -0.39 is 0 Å². The molecule has 0 fully saturated rings. The minimum atomic E-state index is -0.337. The van der Waals surface area contributed by atoms with E-state index in [2.05, 4.69) is 17.0 Å². The Hall–Kier alpha value is -2.36. The third-order valence-corrected chi connectivity index (χ3v) is 3.59.